The number of imidazole rings is 1. The predicted molar refractivity (Wildman–Crippen MR) is 110 cm³/mol. The van der Waals surface area contributed by atoms with E-state index in [0.717, 1.165) is 48.6 Å². The first-order valence-electron chi connectivity index (χ1n) is 9.63. The SMILES string of the molecule is [C-]#[N+]c1cccc(-c2cnc3nccn3c2)c1N1CCC(c2nncn2C)CC1. The van der Waals surface area contributed by atoms with E-state index in [2.05, 4.69) is 36.0 Å². The van der Waals surface area contributed by atoms with Crippen molar-refractivity contribution in [3.63, 3.8) is 0 Å². The summed E-state index contributed by atoms with van der Waals surface area (Å²) in [4.78, 5) is 14.8. The van der Waals surface area contributed by atoms with Crippen LogP contribution in [0.5, 0.6) is 0 Å². The minimum Gasteiger partial charge on any atom is -0.380 e. The van der Waals surface area contributed by atoms with E-state index < -0.39 is 0 Å². The van der Waals surface area contributed by atoms with Crippen LogP contribution in [0.1, 0.15) is 24.6 Å². The summed E-state index contributed by atoms with van der Waals surface area (Å²) >= 11 is 0. The molecule has 0 atom stereocenters. The number of aryl methyl sites for hydroxylation is 1. The third-order valence-corrected chi connectivity index (χ3v) is 5.61. The quantitative estimate of drug-likeness (QED) is 0.506. The summed E-state index contributed by atoms with van der Waals surface area (Å²) in [5, 5.41) is 8.31. The van der Waals surface area contributed by atoms with Gasteiger partial charge in [0.2, 0.25) is 11.5 Å². The monoisotopic (exact) mass is 384 g/mol. The van der Waals surface area contributed by atoms with E-state index in [0.29, 0.717) is 17.4 Å². The molecule has 144 valence electrons. The third kappa shape index (κ3) is 3.01. The molecule has 4 heterocycles. The van der Waals surface area contributed by atoms with E-state index in [4.69, 9.17) is 6.57 Å². The fourth-order valence-corrected chi connectivity index (χ4v) is 4.17. The van der Waals surface area contributed by atoms with Crippen LogP contribution < -0.4 is 4.90 Å². The molecule has 1 aromatic carbocycles. The van der Waals surface area contributed by atoms with Gasteiger partial charge in [-0.25, -0.2) is 14.8 Å². The molecule has 8 heteroatoms. The van der Waals surface area contributed by atoms with Crippen molar-refractivity contribution in [1.82, 2.24) is 29.1 Å². The molecule has 8 nitrogen and oxygen atoms in total. The molecule has 1 aliphatic heterocycles. The number of nitrogens with zero attached hydrogens (tertiary/aromatic N) is 8. The van der Waals surface area contributed by atoms with Gasteiger partial charge in [0.15, 0.2) is 0 Å². The fourth-order valence-electron chi connectivity index (χ4n) is 4.17. The Morgan fingerprint density at radius 1 is 1.17 bits per heavy atom. The summed E-state index contributed by atoms with van der Waals surface area (Å²) in [7, 11) is 1.99. The van der Waals surface area contributed by atoms with Crippen molar-refractivity contribution >= 4 is 17.2 Å². The average molecular weight is 384 g/mol. The maximum absolute atomic E-state index is 7.70. The number of piperidine rings is 1. The van der Waals surface area contributed by atoms with Crippen molar-refractivity contribution in [3.8, 4) is 11.1 Å². The zero-order valence-electron chi connectivity index (χ0n) is 16.1. The molecule has 1 fully saturated rings. The van der Waals surface area contributed by atoms with Crippen LogP contribution in [-0.2, 0) is 7.05 Å². The van der Waals surface area contributed by atoms with Crippen molar-refractivity contribution in [2.75, 3.05) is 18.0 Å². The molecule has 0 aliphatic carbocycles. The van der Waals surface area contributed by atoms with Gasteiger partial charge in [-0.15, -0.1) is 10.2 Å². The zero-order chi connectivity index (χ0) is 19.8. The van der Waals surface area contributed by atoms with Gasteiger partial charge in [-0.1, -0.05) is 18.2 Å². The van der Waals surface area contributed by atoms with Gasteiger partial charge in [0.05, 0.1) is 12.3 Å². The van der Waals surface area contributed by atoms with Crippen molar-refractivity contribution < 1.29 is 0 Å². The number of para-hydroxylation sites is 1. The highest BCUT2D eigenvalue weighted by Crippen LogP contribution is 2.41. The van der Waals surface area contributed by atoms with Crippen LogP contribution >= 0.6 is 0 Å². The highest BCUT2D eigenvalue weighted by atomic mass is 15.3. The molecule has 1 saturated heterocycles. The lowest BCUT2D eigenvalue weighted by Crippen LogP contribution is -2.34. The maximum Gasteiger partial charge on any atom is 0.233 e. The maximum atomic E-state index is 7.70. The molecule has 4 aromatic rings. The highest BCUT2D eigenvalue weighted by molar-refractivity contribution is 5.88. The summed E-state index contributed by atoms with van der Waals surface area (Å²) in [5.74, 6) is 2.10. The van der Waals surface area contributed by atoms with Crippen molar-refractivity contribution in [2.45, 2.75) is 18.8 Å². The minimum atomic E-state index is 0.395. The van der Waals surface area contributed by atoms with Crippen LogP contribution in [0.15, 0.2) is 49.3 Å². The minimum absolute atomic E-state index is 0.395. The van der Waals surface area contributed by atoms with Crippen molar-refractivity contribution in [1.29, 1.82) is 0 Å². The average Bonchev–Trinajstić information content (AvgIpc) is 3.41. The molecule has 0 radical (unpaired) electrons. The zero-order valence-corrected chi connectivity index (χ0v) is 16.1. The predicted octanol–water partition coefficient (Wildman–Crippen LogP) is 3.46. The summed E-state index contributed by atoms with van der Waals surface area (Å²) in [5.41, 5.74) is 3.66. The molecule has 0 bridgehead atoms. The number of anilines is 1. The van der Waals surface area contributed by atoms with Gasteiger partial charge >= 0.3 is 0 Å². The van der Waals surface area contributed by atoms with E-state index in [-0.39, 0.29) is 0 Å². The van der Waals surface area contributed by atoms with Crippen LogP contribution in [0.3, 0.4) is 0 Å². The first kappa shape index (κ1) is 17.4. The summed E-state index contributed by atoms with van der Waals surface area (Å²) in [6.45, 7) is 9.44. The Balaban J connectivity index is 1.50. The molecule has 0 unspecified atom stereocenters. The molecule has 1 aliphatic rings. The Hall–Kier alpha value is -3.73. The van der Waals surface area contributed by atoms with Crippen LogP contribution in [-0.4, -0.2) is 42.2 Å². The van der Waals surface area contributed by atoms with Crippen LogP contribution in [0.2, 0.25) is 0 Å². The molecule has 0 spiro atoms. The van der Waals surface area contributed by atoms with E-state index in [9.17, 15) is 0 Å². The Bertz CT molecular complexity index is 1210. The first-order chi connectivity index (χ1) is 14.2. The van der Waals surface area contributed by atoms with Gasteiger partial charge in [0, 0.05) is 56.4 Å². The van der Waals surface area contributed by atoms with Crippen molar-refractivity contribution in [3.05, 3.63) is 66.6 Å². The molecule has 3 aromatic heterocycles. The van der Waals surface area contributed by atoms with Gasteiger partial charge in [0.25, 0.3) is 0 Å². The summed E-state index contributed by atoms with van der Waals surface area (Å²) in [6, 6.07) is 5.90. The lowest BCUT2D eigenvalue weighted by Gasteiger charge is -2.35. The number of benzene rings is 1. The molecular formula is C21H20N8. The summed E-state index contributed by atoms with van der Waals surface area (Å²) in [6.07, 6.45) is 11.2. The van der Waals surface area contributed by atoms with Gasteiger partial charge in [0.1, 0.15) is 12.2 Å². The molecular weight excluding hydrogens is 364 g/mol. The second-order valence-corrected chi connectivity index (χ2v) is 7.32. The molecule has 5 rings (SSSR count). The number of aromatic nitrogens is 6. The van der Waals surface area contributed by atoms with E-state index in [1.807, 2.05) is 46.7 Å². The Morgan fingerprint density at radius 2 is 2.03 bits per heavy atom. The van der Waals surface area contributed by atoms with Gasteiger partial charge in [-0.3, -0.25) is 4.40 Å². The fraction of sp³-hybridized carbons (Fsp3) is 0.286. The van der Waals surface area contributed by atoms with Gasteiger partial charge in [-0.05, 0) is 18.4 Å². The van der Waals surface area contributed by atoms with Crippen LogP contribution in [0.4, 0.5) is 11.4 Å². The lowest BCUT2D eigenvalue weighted by atomic mass is 9.94. The highest BCUT2D eigenvalue weighted by Gasteiger charge is 2.26. The molecule has 29 heavy (non-hydrogen) atoms. The first-order valence-corrected chi connectivity index (χ1v) is 9.63. The largest absolute Gasteiger partial charge is 0.380 e. The molecule has 0 saturated carbocycles. The normalized spacial score (nSPS) is 15.0. The number of fused-ring (bicyclic) bond motifs is 1. The smallest absolute Gasteiger partial charge is 0.233 e. The van der Waals surface area contributed by atoms with Crippen molar-refractivity contribution in [2.24, 2.45) is 7.05 Å². The Labute approximate surface area is 168 Å². The lowest BCUT2D eigenvalue weighted by molar-refractivity contribution is 0.474. The van der Waals surface area contributed by atoms with Gasteiger partial charge < -0.3 is 9.47 Å². The van der Waals surface area contributed by atoms with Gasteiger partial charge in [-0.2, -0.15) is 0 Å². The van der Waals surface area contributed by atoms with E-state index >= 15 is 0 Å². The standard InChI is InChI=1S/C21H20N8/c1-22-18-5-3-4-17(16-12-24-21-23-8-11-29(21)13-16)19(18)28-9-6-15(7-10-28)20-26-25-14-27(20)2/h3-5,8,11-15H,6-7,9-10H2,2H3. The molecule has 0 N–H and O–H groups in total. The summed E-state index contributed by atoms with van der Waals surface area (Å²) < 4.78 is 3.91. The Kier molecular flexibility index (Phi) is 4.21. The van der Waals surface area contributed by atoms with E-state index in [1.54, 1.807) is 12.5 Å². The van der Waals surface area contributed by atoms with Crippen LogP contribution in [0.25, 0.3) is 21.7 Å². The Morgan fingerprint density at radius 3 is 2.79 bits per heavy atom. The topological polar surface area (TPSA) is 68.5 Å². The third-order valence-electron chi connectivity index (χ3n) is 5.61. The second-order valence-electron chi connectivity index (χ2n) is 7.32. The number of rotatable bonds is 3. The molecule has 0 amide bonds. The second kappa shape index (κ2) is 7.02. The number of hydrogen-bond acceptors (Lipinski definition) is 5. The number of hydrogen-bond donors (Lipinski definition) is 0. The van der Waals surface area contributed by atoms with E-state index in [1.165, 1.54) is 0 Å². The van der Waals surface area contributed by atoms with Crippen LogP contribution in [0, 0.1) is 6.57 Å².